The van der Waals surface area contributed by atoms with Crippen molar-refractivity contribution < 1.29 is 9.18 Å². The molecular weight excluding hydrogens is 369 g/mol. The smallest absolute Gasteiger partial charge is 0.317 e. The van der Waals surface area contributed by atoms with Gasteiger partial charge in [0.15, 0.2) is 5.82 Å². The van der Waals surface area contributed by atoms with Gasteiger partial charge in [0.25, 0.3) is 0 Å². The Balaban J connectivity index is 1.77. The van der Waals surface area contributed by atoms with E-state index in [1.165, 1.54) is 12.1 Å². The maximum atomic E-state index is 13.7. The average Bonchev–Trinajstić information content (AvgIpc) is 2.73. The Morgan fingerprint density at radius 2 is 1.93 bits per heavy atom. The van der Waals surface area contributed by atoms with Crippen molar-refractivity contribution in [3.63, 3.8) is 0 Å². The van der Waals surface area contributed by atoms with Gasteiger partial charge < -0.3 is 15.1 Å². The molecule has 2 amide bonds. The van der Waals surface area contributed by atoms with E-state index in [-0.39, 0.29) is 11.8 Å². The van der Waals surface area contributed by atoms with Crippen LogP contribution in [0.2, 0.25) is 0 Å². The number of aromatic nitrogens is 2. The second-order valence-electron chi connectivity index (χ2n) is 7.36. The third-order valence-electron chi connectivity index (χ3n) is 5.30. The molecule has 29 heavy (non-hydrogen) atoms. The minimum absolute atomic E-state index is 0.00753. The number of rotatable bonds is 6. The Morgan fingerprint density at radius 3 is 2.59 bits per heavy atom. The Hall–Kier alpha value is -2.70. The van der Waals surface area contributed by atoms with Crippen molar-refractivity contribution >= 4 is 11.8 Å². The van der Waals surface area contributed by atoms with Crippen molar-refractivity contribution in [2.45, 2.75) is 40.0 Å². The molecule has 1 aliphatic heterocycles. The molecule has 0 saturated carbocycles. The summed E-state index contributed by atoms with van der Waals surface area (Å²) in [6.45, 7) is 9.63. The number of hydrogen-bond donors (Lipinski definition) is 1. The first kappa shape index (κ1) is 21.0. The van der Waals surface area contributed by atoms with Gasteiger partial charge in [0, 0.05) is 49.5 Å². The number of unbranched alkanes of at least 4 members (excludes halogenated alkanes) is 1. The van der Waals surface area contributed by atoms with E-state index in [9.17, 15) is 9.18 Å². The molecule has 6 nitrogen and oxygen atoms in total. The van der Waals surface area contributed by atoms with Crippen LogP contribution in [0.1, 0.15) is 37.9 Å². The Labute approximate surface area is 172 Å². The zero-order valence-corrected chi connectivity index (χ0v) is 17.5. The number of hydrogen-bond acceptors (Lipinski definition) is 4. The van der Waals surface area contributed by atoms with Crippen LogP contribution in [0.25, 0.3) is 11.4 Å². The van der Waals surface area contributed by atoms with Crippen LogP contribution < -0.4 is 10.2 Å². The molecule has 2 aromatic rings. The van der Waals surface area contributed by atoms with Crippen molar-refractivity contribution in [3.8, 4) is 11.4 Å². The van der Waals surface area contributed by atoms with E-state index in [0.29, 0.717) is 37.6 Å². The molecule has 2 heterocycles. The van der Waals surface area contributed by atoms with E-state index >= 15 is 0 Å². The summed E-state index contributed by atoms with van der Waals surface area (Å²) >= 11 is 0. The summed E-state index contributed by atoms with van der Waals surface area (Å²) in [5, 5.41) is 2.98. The van der Waals surface area contributed by atoms with Crippen LogP contribution in [0.15, 0.2) is 24.3 Å². The van der Waals surface area contributed by atoms with Crippen molar-refractivity contribution in [2.75, 3.05) is 37.6 Å². The van der Waals surface area contributed by atoms with Crippen LogP contribution in [0.4, 0.5) is 15.0 Å². The molecule has 1 fully saturated rings. The summed E-state index contributed by atoms with van der Waals surface area (Å²) in [5.74, 6) is 1.13. The average molecular weight is 400 g/mol. The van der Waals surface area contributed by atoms with Gasteiger partial charge in [-0.3, -0.25) is 0 Å². The van der Waals surface area contributed by atoms with E-state index in [0.717, 1.165) is 42.9 Å². The molecule has 1 aromatic heterocycles. The first-order valence-electron chi connectivity index (χ1n) is 10.4. The standard InChI is InChI=1S/C22H30FN5O/c1-4-6-10-24-22(29)28-13-11-27(12-14-28)21-19(5-2)16(3)25-20(26-21)17-8-7-9-18(23)15-17/h7-9,15H,4-6,10-14H2,1-3H3,(H,24,29). The molecule has 0 unspecified atom stereocenters. The van der Waals surface area contributed by atoms with Gasteiger partial charge >= 0.3 is 6.03 Å². The Morgan fingerprint density at radius 1 is 1.17 bits per heavy atom. The maximum absolute atomic E-state index is 13.7. The summed E-state index contributed by atoms with van der Waals surface area (Å²) in [4.78, 5) is 25.8. The highest BCUT2D eigenvalue weighted by Crippen LogP contribution is 2.27. The number of benzene rings is 1. The molecule has 0 spiro atoms. The molecule has 0 aliphatic carbocycles. The fourth-order valence-corrected chi connectivity index (χ4v) is 3.62. The second kappa shape index (κ2) is 9.67. The normalized spacial score (nSPS) is 14.2. The van der Waals surface area contributed by atoms with E-state index in [2.05, 4.69) is 29.0 Å². The van der Waals surface area contributed by atoms with Crippen molar-refractivity contribution in [1.29, 1.82) is 0 Å². The Kier molecular flexibility index (Phi) is 7.01. The fourth-order valence-electron chi connectivity index (χ4n) is 3.62. The van der Waals surface area contributed by atoms with Crippen LogP contribution in [0.3, 0.4) is 0 Å². The zero-order valence-electron chi connectivity index (χ0n) is 17.5. The molecule has 1 aromatic carbocycles. The molecule has 1 N–H and O–H groups in total. The summed E-state index contributed by atoms with van der Waals surface area (Å²) in [7, 11) is 0. The van der Waals surface area contributed by atoms with Gasteiger partial charge in [0.05, 0.1) is 0 Å². The predicted molar refractivity (Wildman–Crippen MR) is 114 cm³/mol. The van der Waals surface area contributed by atoms with Gasteiger partial charge in [-0.05, 0) is 31.9 Å². The fraction of sp³-hybridized carbons (Fsp3) is 0.500. The topological polar surface area (TPSA) is 61.4 Å². The number of nitrogens with one attached hydrogen (secondary N) is 1. The second-order valence-corrected chi connectivity index (χ2v) is 7.36. The zero-order chi connectivity index (χ0) is 20.8. The van der Waals surface area contributed by atoms with E-state index in [4.69, 9.17) is 4.98 Å². The summed E-state index contributed by atoms with van der Waals surface area (Å²) in [6.07, 6.45) is 2.88. The summed E-state index contributed by atoms with van der Waals surface area (Å²) in [6, 6.07) is 6.39. The number of aryl methyl sites for hydroxylation is 1. The van der Waals surface area contributed by atoms with Crippen LogP contribution in [0.5, 0.6) is 0 Å². The number of piperazine rings is 1. The van der Waals surface area contributed by atoms with E-state index in [1.807, 2.05) is 17.9 Å². The van der Waals surface area contributed by atoms with Crippen LogP contribution in [-0.4, -0.2) is 53.6 Å². The molecule has 0 radical (unpaired) electrons. The third kappa shape index (κ3) is 5.02. The largest absolute Gasteiger partial charge is 0.353 e. The Bertz CT molecular complexity index is 849. The van der Waals surface area contributed by atoms with Crippen LogP contribution in [0, 0.1) is 12.7 Å². The third-order valence-corrected chi connectivity index (χ3v) is 5.30. The molecule has 0 bridgehead atoms. The molecule has 7 heteroatoms. The molecular formula is C22H30FN5O. The van der Waals surface area contributed by atoms with Gasteiger partial charge in [-0.2, -0.15) is 0 Å². The van der Waals surface area contributed by atoms with Crippen molar-refractivity contribution in [1.82, 2.24) is 20.2 Å². The molecule has 156 valence electrons. The molecule has 1 saturated heterocycles. The van der Waals surface area contributed by atoms with Gasteiger partial charge in [-0.15, -0.1) is 0 Å². The first-order valence-corrected chi connectivity index (χ1v) is 10.4. The van der Waals surface area contributed by atoms with Gasteiger partial charge in [-0.25, -0.2) is 19.2 Å². The highest BCUT2D eigenvalue weighted by atomic mass is 19.1. The summed E-state index contributed by atoms with van der Waals surface area (Å²) < 4.78 is 13.7. The van der Waals surface area contributed by atoms with Gasteiger partial charge in [0.1, 0.15) is 11.6 Å². The lowest BCUT2D eigenvalue weighted by molar-refractivity contribution is 0.194. The quantitative estimate of drug-likeness (QED) is 0.751. The lowest BCUT2D eigenvalue weighted by Gasteiger charge is -2.36. The molecule has 3 rings (SSSR count). The van der Waals surface area contributed by atoms with Crippen LogP contribution in [-0.2, 0) is 6.42 Å². The minimum Gasteiger partial charge on any atom is -0.353 e. The summed E-state index contributed by atoms with van der Waals surface area (Å²) in [5.41, 5.74) is 2.69. The number of carbonyl (C=O) groups is 1. The monoisotopic (exact) mass is 399 g/mol. The number of anilines is 1. The lowest BCUT2D eigenvalue weighted by atomic mass is 10.1. The lowest BCUT2D eigenvalue weighted by Crippen LogP contribution is -2.52. The van der Waals surface area contributed by atoms with Crippen molar-refractivity contribution in [3.05, 3.63) is 41.3 Å². The number of nitrogens with zero attached hydrogens (tertiary/aromatic N) is 4. The van der Waals surface area contributed by atoms with Gasteiger partial charge in [0.2, 0.25) is 0 Å². The molecule has 0 atom stereocenters. The molecule has 1 aliphatic rings. The number of carbonyl (C=O) groups excluding carboxylic acids is 1. The van der Waals surface area contributed by atoms with E-state index in [1.54, 1.807) is 6.07 Å². The number of amides is 2. The van der Waals surface area contributed by atoms with Crippen LogP contribution >= 0.6 is 0 Å². The SMILES string of the molecule is CCCCNC(=O)N1CCN(c2nc(-c3cccc(F)c3)nc(C)c2CC)CC1. The minimum atomic E-state index is -0.299. The highest BCUT2D eigenvalue weighted by molar-refractivity contribution is 5.74. The first-order chi connectivity index (χ1) is 14.0. The number of halogens is 1. The highest BCUT2D eigenvalue weighted by Gasteiger charge is 2.24. The van der Waals surface area contributed by atoms with E-state index < -0.39 is 0 Å². The number of urea groups is 1. The predicted octanol–water partition coefficient (Wildman–Crippen LogP) is 3.79. The van der Waals surface area contributed by atoms with Gasteiger partial charge in [-0.1, -0.05) is 32.4 Å². The van der Waals surface area contributed by atoms with Crippen molar-refractivity contribution in [2.24, 2.45) is 0 Å². The maximum Gasteiger partial charge on any atom is 0.317 e.